The highest BCUT2D eigenvalue weighted by Crippen LogP contribution is 2.37. The van der Waals surface area contributed by atoms with Crippen LogP contribution in [0.4, 0.5) is 0 Å². The zero-order valence-corrected chi connectivity index (χ0v) is 13.1. The zero-order valence-electron chi connectivity index (χ0n) is 13.1. The van der Waals surface area contributed by atoms with Crippen LogP contribution in [0.5, 0.6) is 0 Å². The summed E-state index contributed by atoms with van der Waals surface area (Å²) in [7, 11) is 1.60. The molecule has 0 aliphatic carbocycles. The lowest BCUT2D eigenvalue weighted by Crippen LogP contribution is -2.09. The molecule has 1 unspecified atom stereocenters. The van der Waals surface area contributed by atoms with Gasteiger partial charge in [0.15, 0.2) is 0 Å². The fraction of sp³-hybridized carbons (Fsp3) is 0.143. The van der Waals surface area contributed by atoms with E-state index in [-0.39, 0.29) is 6.61 Å². The third-order valence-corrected chi connectivity index (χ3v) is 4.03. The first-order valence-electron chi connectivity index (χ1n) is 7.69. The van der Waals surface area contributed by atoms with Crippen molar-refractivity contribution in [2.45, 2.75) is 6.10 Å². The summed E-state index contributed by atoms with van der Waals surface area (Å²) in [5.41, 5.74) is 5.25. The molecular weight excluding hydrogens is 284 g/mol. The van der Waals surface area contributed by atoms with Gasteiger partial charge in [-0.1, -0.05) is 78.9 Å². The molecule has 0 saturated carbocycles. The van der Waals surface area contributed by atoms with Gasteiger partial charge in [-0.15, -0.1) is 0 Å². The van der Waals surface area contributed by atoms with E-state index in [4.69, 9.17) is 4.74 Å². The number of benzene rings is 3. The number of rotatable bonds is 5. The monoisotopic (exact) mass is 303 g/mol. The Morgan fingerprint density at radius 3 is 1.61 bits per heavy atom. The zero-order chi connectivity index (χ0) is 16.1. The number of methoxy groups -OCH3 is 1. The second-order valence-corrected chi connectivity index (χ2v) is 5.39. The average molecular weight is 303 g/mol. The maximum absolute atomic E-state index is 11.7. The summed E-state index contributed by atoms with van der Waals surface area (Å²) >= 11 is 0. The van der Waals surface area contributed by atoms with E-state index in [0.717, 1.165) is 27.8 Å². The first kappa shape index (κ1) is 15.5. The molecule has 2 heteroatoms. The Kier molecular flexibility index (Phi) is 4.86. The van der Waals surface area contributed by atoms with Crippen LogP contribution >= 0.6 is 0 Å². The fourth-order valence-corrected chi connectivity index (χ4v) is 2.92. The Morgan fingerprint density at radius 1 is 0.739 bits per heavy atom. The molecule has 0 saturated heterocycles. The Bertz CT molecular complexity index is 690. The molecule has 1 atom stereocenters. The predicted octanol–water partition coefficient (Wildman–Crippen LogP) is 5.14. The molecule has 0 spiro atoms. The van der Waals surface area contributed by atoms with Gasteiger partial charge in [0.1, 0.15) is 12.7 Å². The van der Waals surface area contributed by atoms with Crippen molar-refractivity contribution >= 4 is 0 Å². The molecule has 0 aliphatic rings. The first-order chi connectivity index (χ1) is 11.3. The molecule has 0 N–H and O–H groups in total. The van der Waals surface area contributed by atoms with E-state index in [1.165, 1.54) is 0 Å². The van der Waals surface area contributed by atoms with Gasteiger partial charge < -0.3 is 4.74 Å². The van der Waals surface area contributed by atoms with Crippen LogP contribution in [0.1, 0.15) is 11.7 Å². The molecule has 0 fully saturated rings. The molecule has 0 bridgehead atoms. The van der Waals surface area contributed by atoms with Gasteiger partial charge in [-0.05, 0) is 27.8 Å². The summed E-state index contributed by atoms with van der Waals surface area (Å²) in [6.07, 6.45) is -0.471. The number of ether oxygens (including phenoxy) is 1. The standard InChI is InChI=1S/C21H19O2/c1-23-20(15-22)21-18(16-9-4-2-5-10-16)13-8-14-19(21)17-11-6-3-7-12-17/h2-14,20H,15H2,1H3. The molecule has 0 amide bonds. The van der Waals surface area contributed by atoms with Gasteiger partial charge in [-0.2, -0.15) is 0 Å². The quantitative estimate of drug-likeness (QED) is 0.641. The van der Waals surface area contributed by atoms with Crippen LogP contribution in [0, 0.1) is 0 Å². The van der Waals surface area contributed by atoms with Crippen molar-refractivity contribution in [1.82, 2.24) is 0 Å². The fourth-order valence-electron chi connectivity index (χ4n) is 2.92. The van der Waals surface area contributed by atoms with Crippen molar-refractivity contribution in [3.8, 4) is 22.3 Å². The molecule has 23 heavy (non-hydrogen) atoms. The Labute approximate surface area is 137 Å². The minimum atomic E-state index is -0.471. The number of hydrogen-bond donors (Lipinski definition) is 0. The molecule has 3 aromatic carbocycles. The summed E-state index contributed by atoms with van der Waals surface area (Å²) in [5.74, 6) is 0. The molecule has 0 aromatic heterocycles. The maximum Gasteiger partial charge on any atom is 0.113 e. The van der Waals surface area contributed by atoms with E-state index < -0.39 is 6.10 Å². The third-order valence-electron chi connectivity index (χ3n) is 4.03. The molecule has 2 nitrogen and oxygen atoms in total. The minimum absolute atomic E-state index is 0.305. The Balaban J connectivity index is 2.25. The van der Waals surface area contributed by atoms with Crippen molar-refractivity contribution in [2.75, 3.05) is 13.7 Å². The van der Waals surface area contributed by atoms with Gasteiger partial charge in [0, 0.05) is 7.11 Å². The van der Waals surface area contributed by atoms with Crippen LogP contribution in [0.15, 0.2) is 78.9 Å². The topological polar surface area (TPSA) is 29.1 Å². The molecule has 1 radical (unpaired) electrons. The summed E-state index contributed by atoms with van der Waals surface area (Å²) < 4.78 is 5.50. The molecule has 115 valence electrons. The normalized spacial score (nSPS) is 12.1. The lowest BCUT2D eigenvalue weighted by atomic mass is 9.89. The van der Waals surface area contributed by atoms with Crippen LogP contribution in [-0.2, 0) is 9.84 Å². The van der Waals surface area contributed by atoms with Crippen molar-refractivity contribution in [3.05, 3.63) is 84.4 Å². The van der Waals surface area contributed by atoms with E-state index in [1.807, 2.05) is 42.5 Å². The van der Waals surface area contributed by atoms with Crippen molar-refractivity contribution in [2.24, 2.45) is 0 Å². The first-order valence-corrected chi connectivity index (χ1v) is 7.69. The largest absolute Gasteiger partial charge is 0.374 e. The van der Waals surface area contributed by atoms with Crippen LogP contribution in [0.25, 0.3) is 22.3 Å². The second kappa shape index (κ2) is 7.23. The van der Waals surface area contributed by atoms with E-state index in [2.05, 4.69) is 36.4 Å². The van der Waals surface area contributed by atoms with Gasteiger partial charge in [0.25, 0.3) is 0 Å². The van der Waals surface area contributed by atoms with E-state index >= 15 is 0 Å². The molecular formula is C21H19O2. The van der Waals surface area contributed by atoms with Crippen molar-refractivity contribution in [1.29, 1.82) is 0 Å². The van der Waals surface area contributed by atoms with Crippen LogP contribution < -0.4 is 0 Å². The van der Waals surface area contributed by atoms with Gasteiger partial charge in [-0.3, -0.25) is 0 Å². The van der Waals surface area contributed by atoms with Gasteiger partial charge >= 0.3 is 0 Å². The lowest BCUT2D eigenvalue weighted by molar-refractivity contribution is 0.0200. The van der Waals surface area contributed by atoms with Gasteiger partial charge in [-0.25, -0.2) is 5.11 Å². The highest BCUT2D eigenvalue weighted by molar-refractivity contribution is 5.79. The predicted molar refractivity (Wildman–Crippen MR) is 92.6 cm³/mol. The summed E-state index contributed by atoms with van der Waals surface area (Å²) in [6.45, 7) is -0.305. The SMILES string of the molecule is COC(C[O])c1c(-c2ccccc2)cccc1-c1ccccc1. The third kappa shape index (κ3) is 3.19. The van der Waals surface area contributed by atoms with Gasteiger partial charge in [0.05, 0.1) is 0 Å². The molecule has 3 aromatic rings. The maximum atomic E-state index is 11.7. The summed E-state index contributed by atoms with van der Waals surface area (Å²) in [5, 5.41) is 11.7. The average Bonchev–Trinajstić information content (AvgIpc) is 2.64. The van der Waals surface area contributed by atoms with Crippen LogP contribution in [0.2, 0.25) is 0 Å². The van der Waals surface area contributed by atoms with E-state index in [9.17, 15) is 5.11 Å². The van der Waals surface area contributed by atoms with E-state index in [1.54, 1.807) is 7.11 Å². The smallest absolute Gasteiger partial charge is 0.113 e. The molecule has 0 aliphatic heterocycles. The lowest BCUT2D eigenvalue weighted by Gasteiger charge is -2.21. The second-order valence-electron chi connectivity index (χ2n) is 5.39. The molecule has 3 rings (SSSR count). The Morgan fingerprint density at radius 2 is 1.22 bits per heavy atom. The molecule has 0 heterocycles. The number of hydrogen-bond acceptors (Lipinski definition) is 1. The van der Waals surface area contributed by atoms with Crippen molar-refractivity contribution < 1.29 is 9.84 Å². The van der Waals surface area contributed by atoms with Gasteiger partial charge in [0.2, 0.25) is 0 Å². The van der Waals surface area contributed by atoms with Crippen molar-refractivity contribution in [3.63, 3.8) is 0 Å². The summed E-state index contributed by atoms with van der Waals surface area (Å²) in [6, 6.07) is 26.4. The minimum Gasteiger partial charge on any atom is -0.374 e. The summed E-state index contributed by atoms with van der Waals surface area (Å²) in [4.78, 5) is 0. The van der Waals surface area contributed by atoms with Crippen LogP contribution in [-0.4, -0.2) is 13.7 Å². The van der Waals surface area contributed by atoms with Crippen LogP contribution in [0.3, 0.4) is 0 Å². The highest BCUT2D eigenvalue weighted by atomic mass is 16.5. The highest BCUT2D eigenvalue weighted by Gasteiger charge is 2.20. The Hall–Kier alpha value is -2.42. The van der Waals surface area contributed by atoms with E-state index in [0.29, 0.717) is 0 Å².